The van der Waals surface area contributed by atoms with Gasteiger partial charge in [-0.2, -0.15) is 0 Å². The van der Waals surface area contributed by atoms with E-state index in [0.29, 0.717) is 5.54 Å². The number of hydrogen-bond acceptors (Lipinski definition) is 3. The molecule has 0 aromatic heterocycles. The quantitative estimate of drug-likeness (QED) is 0.829. The standard InChI is InChI=1S/C15H31N3/c1-5-16-13-7-6-8-14(13)17-9-11-18(12-10-17)15(2,3)4/h13-14,16H,5-12H2,1-4H3. The summed E-state index contributed by atoms with van der Waals surface area (Å²) in [7, 11) is 0. The minimum absolute atomic E-state index is 0.336. The summed E-state index contributed by atoms with van der Waals surface area (Å²) >= 11 is 0. The van der Waals surface area contributed by atoms with E-state index in [1.807, 2.05) is 0 Å². The molecule has 0 bridgehead atoms. The molecule has 18 heavy (non-hydrogen) atoms. The predicted molar refractivity (Wildman–Crippen MR) is 78.0 cm³/mol. The van der Waals surface area contributed by atoms with Gasteiger partial charge in [0.15, 0.2) is 0 Å². The third-order valence-electron chi connectivity index (χ3n) is 4.68. The van der Waals surface area contributed by atoms with Crippen LogP contribution in [-0.4, -0.2) is 60.1 Å². The van der Waals surface area contributed by atoms with Crippen molar-refractivity contribution in [3.63, 3.8) is 0 Å². The molecular weight excluding hydrogens is 222 g/mol. The second-order valence-electron chi connectivity index (χ2n) is 6.86. The fourth-order valence-corrected chi connectivity index (χ4v) is 3.60. The Balaban J connectivity index is 1.85. The maximum atomic E-state index is 3.68. The predicted octanol–water partition coefficient (Wildman–Crippen LogP) is 1.93. The van der Waals surface area contributed by atoms with Crippen molar-refractivity contribution in [2.24, 2.45) is 0 Å². The van der Waals surface area contributed by atoms with E-state index < -0.39 is 0 Å². The molecule has 0 aromatic rings. The van der Waals surface area contributed by atoms with Gasteiger partial charge in [0.1, 0.15) is 0 Å². The van der Waals surface area contributed by atoms with Crippen LogP contribution in [-0.2, 0) is 0 Å². The third kappa shape index (κ3) is 3.25. The molecule has 0 radical (unpaired) electrons. The molecule has 1 aliphatic heterocycles. The normalized spacial score (nSPS) is 32.0. The molecule has 2 fully saturated rings. The van der Waals surface area contributed by atoms with Crippen molar-refractivity contribution in [1.82, 2.24) is 15.1 Å². The molecule has 1 heterocycles. The van der Waals surface area contributed by atoms with Gasteiger partial charge in [0.05, 0.1) is 0 Å². The van der Waals surface area contributed by atoms with Crippen LogP contribution in [0.15, 0.2) is 0 Å². The average molecular weight is 253 g/mol. The Morgan fingerprint density at radius 1 is 1.06 bits per heavy atom. The van der Waals surface area contributed by atoms with Crippen LogP contribution in [0.3, 0.4) is 0 Å². The number of hydrogen-bond donors (Lipinski definition) is 1. The molecular formula is C15H31N3. The monoisotopic (exact) mass is 253 g/mol. The number of likely N-dealkylation sites (N-methyl/N-ethyl adjacent to an activating group) is 1. The van der Waals surface area contributed by atoms with Gasteiger partial charge in [0.2, 0.25) is 0 Å². The molecule has 3 heteroatoms. The van der Waals surface area contributed by atoms with E-state index in [1.54, 1.807) is 0 Å². The zero-order valence-electron chi connectivity index (χ0n) is 12.7. The molecule has 1 saturated carbocycles. The van der Waals surface area contributed by atoms with Crippen LogP contribution in [0.1, 0.15) is 47.0 Å². The highest BCUT2D eigenvalue weighted by Gasteiger charge is 2.34. The van der Waals surface area contributed by atoms with Crippen LogP contribution < -0.4 is 5.32 Å². The van der Waals surface area contributed by atoms with Crippen molar-refractivity contribution in [3.8, 4) is 0 Å². The minimum Gasteiger partial charge on any atom is -0.313 e. The first-order chi connectivity index (χ1) is 8.52. The second-order valence-corrected chi connectivity index (χ2v) is 6.86. The van der Waals surface area contributed by atoms with Crippen LogP contribution in [0.2, 0.25) is 0 Å². The Hall–Kier alpha value is -0.120. The van der Waals surface area contributed by atoms with E-state index in [4.69, 9.17) is 0 Å². The summed E-state index contributed by atoms with van der Waals surface area (Å²) in [4.78, 5) is 5.36. The van der Waals surface area contributed by atoms with Crippen molar-refractivity contribution in [2.45, 2.75) is 64.6 Å². The molecule has 106 valence electrons. The number of nitrogens with one attached hydrogen (secondary N) is 1. The van der Waals surface area contributed by atoms with Crippen molar-refractivity contribution < 1.29 is 0 Å². The zero-order chi connectivity index (χ0) is 13.2. The Morgan fingerprint density at radius 2 is 1.72 bits per heavy atom. The number of piperazine rings is 1. The van der Waals surface area contributed by atoms with Crippen molar-refractivity contribution in [3.05, 3.63) is 0 Å². The van der Waals surface area contributed by atoms with Crippen LogP contribution in [0, 0.1) is 0 Å². The maximum absolute atomic E-state index is 3.68. The Morgan fingerprint density at radius 3 is 2.28 bits per heavy atom. The lowest BCUT2D eigenvalue weighted by atomic mass is 10.0. The highest BCUT2D eigenvalue weighted by molar-refractivity contribution is 4.93. The summed E-state index contributed by atoms with van der Waals surface area (Å²) in [5.41, 5.74) is 0.336. The van der Waals surface area contributed by atoms with Crippen LogP contribution in [0.4, 0.5) is 0 Å². The molecule has 2 aliphatic rings. The van der Waals surface area contributed by atoms with Gasteiger partial charge in [-0.15, -0.1) is 0 Å². The Kier molecular flexibility index (Phi) is 4.68. The van der Waals surface area contributed by atoms with Gasteiger partial charge in [-0.25, -0.2) is 0 Å². The lowest BCUT2D eigenvalue weighted by molar-refractivity contribution is 0.0376. The first-order valence-corrected chi connectivity index (χ1v) is 7.75. The summed E-state index contributed by atoms with van der Waals surface area (Å²) in [6, 6.07) is 1.54. The van der Waals surface area contributed by atoms with E-state index in [1.165, 1.54) is 45.4 Å². The fraction of sp³-hybridized carbons (Fsp3) is 1.00. The molecule has 0 aromatic carbocycles. The van der Waals surface area contributed by atoms with Crippen molar-refractivity contribution in [1.29, 1.82) is 0 Å². The molecule has 1 N–H and O–H groups in total. The summed E-state index contributed by atoms with van der Waals surface area (Å²) in [5, 5.41) is 3.68. The van der Waals surface area contributed by atoms with Gasteiger partial charge in [-0.05, 0) is 40.2 Å². The maximum Gasteiger partial charge on any atom is 0.0250 e. The van der Waals surface area contributed by atoms with Crippen LogP contribution >= 0.6 is 0 Å². The van der Waals surface area contributed by atoms with Crippen LogP contribution in [0.25, 0.3) is 0 Å². The first-order valence-electron chi connectivity index (χ1n) is 7.75. The third-order valence-corrected chi connectivity index (χ3v) is 4.68. The molecule has 1 saturated heterocycles. The molecule has 3 nitrogen and oxygen atoms in total. The molecule has 1 aliphatic carbocycles. The molecule has 0 amide bonds. The van der Waals surface area contributed by atoms with E-state index in [-0.39, 0.29) is 0 Å². The van der Waals surface area contributed by atoms with Gasteiger partial charge in [0.25, 0.3) is 0 Å². The largest absolute Gasteiger partial charge is 0.313 e. The zero-order valence-corrected chi connectivity index (χ0v) is 12.7. The van der Waals surface area contributed by atoms with Gasteiger partial charge < -0.3 is 5.32 Å². The number of nitrogens with zero attached hydrogens (tertiary/aromatic N) is 2. The Bertz CT molecular complexity index is 251. The van der Waals surface area contributed by atoms with E-state index in [0.717, 1.165) is 18.6 Å². The number of rotatable bonds is 3. The highest BCUT2D eigenvalue weighted by atomic mass is 15.3. The highest BCUT2D eigenvalue weighted by Crippen LogP contribution is 2.26. The summed E-state index contributed by atoms with van der Waals surface area (Å²) < 4.78 is 0. The van der Waals surface area contributed by atoms with Gasteiger partial charge >= 0.3 is 0 Å². The average Bonchev–Trinajstić information content (AvgIpc) is 2.77. The minimum atomic E-state index is 0.336. The summed E-state index contributed by atoms with van der Waals surface area (Å²) in [6.07, 6.45) is 4.17. The SMILES string of the molecule is CCNC1CCCC1N1CCN(C(C)(C)C)CC1. The van der Waals surface area contributed by atoms with Gasteiger partial charge in [-0.3, -0.25) is 9.80 Å². The molecule has 0 spiro atoms. The first kappa shape index (κ1) is 14.3. The van der Waals surface area contributed by atoms with E-state index in [9.17, 15) is 0 Å². The van der Waals surface area contributed by atoms with Crippen LogP contribution in [0.5, 0.6) is 0 Å². The van der Waals surface area contributed by atoms with Crippen molar-refractivity contribution >= 4 is 0 Å². The molecule has 2 rings (SSSR count). The van der Waals surface area contributed by atoms with E-state index in [2.05, 4.69) is 42.8 Å². The molecule has 2 atom stereocenters. The Labute approximate surface area is 113 Å². The smallest absolute Gasteiger partial charge is 0.0250 e. The topological polar surface area (TPSA) is 18.5 Å². The van der Waals surface area contributed by atoms with Crippen molar-refractivity contribution in [2.75, 3.05) is 32.7 Å². The second kappa shape index (κ2) is 5.89. The fourth-order valence-electron chi connectivity index (χ4n) is 3.60. The van der Waals surface area contributed by atoms with Gasteiger partial charge in [0, 0.05) is 43.8 Å². The molecule has 2 unspecified atom stereocenters. The van der Waals surface area contributed by atoms with E-state index >= 15 is 0 Å². The lowest BCUT2D eigenvalue weighted by Gasteiger charge is -2.45. The summed E-state index contributed by atoms with van der Waals surface area (Å²) in [6.45, 7) is 15.3. The van der Waals surface area contributed by atoms with Gasteiger partial charge in [-0.1, -0.05) is 13.3 Å². The lowest BCUT2D eigenvalue weighted by Crippen LogP contribution is -2.58. The summed E-state index contributed by atoms with van der Waals surface area (Å²) in [5.74, 6) is 0.